The minimum Gasteiger partial charge on any atom is -0.507 e. The molecule has 0 saturated carbocycles. The first-order chi connectivity index (χ1) is 17.5. The number of aliphatic hydroxyl groups excluding tert-OH is 1. The minimum atomic E-state index is -0.763. The highest BCUT2D eigenvalue weighted by Gasteiger charge is 2.46. The van der Waals surface area contributed by atoms with E-state index in [4.69, 9.17) is 9.47 Å². The molecule has 2 aromatic heterocycles. The summed E-state index contributed by atoms with van der Waals surface area (Å²) < 4.78 is 10.5. The number of likely N-dealkylation sites (tertiary alicyclic amines) is 1. The van der Waals surface area contributed by atoms with E-state index in [1.165, 1.54) is 4.90 Å². The van der Waals surface area contributed by atoms with Gasteiger partial charge in [0.15, 0.2) is 0 Å². The van der Waals surface area contributed by atoms with Crippen LogP contribution in [0.25, 0.3) is 16.7 Å². The fraction of sp³-hybridized carbons (Fsp3) is 0.179. The van der Waals surface area contributed by atoms with E-state index >= 15 is 0 Å². The zero-order valence-electron chi connectivity index (χ0n) is 19.9. The van der Waals surface area contributed by atoms with Gasteiger partial charge in [0.1, 0.15) is 17.3 Å². The first-order valence-electron chi connectivity index (χ1n) is 11.5. The van der Waals surface area contributed by atoms with Crippen LogP contribution < -0.4 is 9.47 Å². The van der Waals surface area contributed by atoms with Crippen molar-refractivity contribution in [1.29, 1.82) is 0 Å². The molecule has 0 radical (unpaired) electrons. The number of nitrogens with zero attached hydrogens (tertiary/aromatic N) is 2. The zero-order valence-corrected chi connectivity index (χ0v) is 19.9. The number of aromatic nitrogens is 2. The SMILES string of the molecule is COc1ccc(C(O)=C2C(=O)C(=O)N(CCc3c[nH]c4ccc(OC)cc34)[C@H]2c2cccnc2)cc1. The highest BCUT2D eigenvalue weighted by atomic mass is 16.5. The lowest BCUT2D eigenvalue weighted by Gasteiger charge is -2.25. The maximum Gasteiger partial charge on any atom is 0.295 e. The lowest BCUT2D eigenvalue weighted by atomic mass is 9.96. The Balaban J connectivity index is 1.53. The Morgan fingerprint density at radius 1 is 1.06 bits per heavy atom. The first-order valence-corrected chi connectivity index (χ1v) is 11.5. The molecule has 1 saturated heterocycles. The molecule has 4 aromatic rings. The summed E-state index contributed by atoms with van der Waals surface area (Å²) in [5, 5.41) is 12.2. The van der Waals surface area contributed by atoms with Gasteiger partial charge in [-0.05, 0) is 66.1 Å². The molecule has 0 bridgehead atoms. The summed E-state index contributed by atoms with van der Waals surface area (Å²) in [6.45, 7) is 0.272. The van der Waals surface area contributed by atoms with Crippen LogP contribution in [0.3, 0.4) is 0 Å². The maximum absolute atomic E-state index is 13.2. The second-order valence-corrected chi connectivity index (χ2v) is 8.48. The number of methoxy groups -OCH3 is 2. The predicted octanol–water partition coefficient (Wildman–Crippen LogP) is 4.24. The number of amides is 1. The lowest BCUT2D eigenvalue weighted by molar-refractivity contribution is -0.139. The molecule has 8 heteroatoms. The van der Waals surface area contributed by atoms with Crippen molar-refractivity contribution >= 4 is 28.4 Å². The number of hydrogen-bond donors (Lipinski definition) is 2. The van der Waals surface area contributed by atoms with Gasteiger partial charge in [0.25, 0.3) is 11.7 Å². The van der Waals surface area contributed by atoms with Gasteiger partial charge >= 0.3 is 0 Å². The number of rotatable bonds is 7. The molecule has 182 valence electrons. The van der Waals surface area contributed by atoms with E-state index in [1.807, 2.05) is 24.4 Å². The summed E-state index contributed by atoms with van der Waals surface area (Å²) in [5.41, 5.74) is 3.06. The monoisotopic (exact) mass is 483 g/mol. The van der Waals surface area contributed by atoms with Crippen LogP contribution in [-0.4, -0.2) is 52.4 Å². The fourth-order valence-corrected chi connectivity index (χ4v) is 4.63. The number of H-pyrrole nitrogens is 1. The fourth-order valence-electron chi connectivity index (χ4n) is 4.63. The Morgan fingerprint density at radius 2 is 1.81 bits per heavy atom. The third-order valence-electron chi connectivity index (χ3n) is 6.50. The van der Waals surface area contributed by atoms with Crippen molar-refractivity contribution in [3.05, 3.63) is 95.5 Å². The third-order valence-corrected chi connectivity index (χ3v) is 6.50. The highest BCUT2D eigenvalue weighted by molar-refractivity contribution is 6.46. The Bertz CT molecular complexity index is 1460. The van der Waals surface area contributed by atoms with Crippen LogP contribution in [0.4, 0.5) is 0 Å². The number of carbonyl (C=O) groups is 2. The molecule has 1 aliphatic heterocycles. The summed E-state index contributed by atoms with van der Waals surface area (Å²) >= 11 is 0. The van der Waals surface area contributed by atoms with Crippen molar-refractivity contribution in [2.75, 3.05) is 20.8 Å². The molecule has 1 amide bonds. The van der Waals surface area contributed by atoms with Gasteiger partial charge in [-0.2, -0.15) is 0 Å². The van der Waals surface area contributed by atoms with Crippen molar-refractivity contribution in [3.8, 4) is 11.5 Å². The predicted molar refractivity (Wildman–Crippen MR) is 135 cm³/mol. The molecule has 2 N–H and O–H groups in total. The van der Waals surface area contributed by atoms with Crippen LogP contribution in [0.5, 0.6) is 11.5 Å². The van der Waals surface area contributed by atoms with Crippen LogP contribution in [0.2, 0.25) is 0 Å². The molecule has 2 aromatic carbocycles. The topological polar surface area (TPSA) is 105 Å². The van der Waals surface area contributed by atoms with Gasteiger partial charge in [-0.3, -0.25) is 14.6 Å². The number of ether oxygens (including phenoxy) is 2. The van der Waals surface area contributed by atoms with Gasteiger partial charge in [0.05, 0.1) is 25.8 Å². The number of carbonyl (C=O) groups excluding carboxylic acids is 2. The van der Waals surface area contributed by atoms with E-state index in [2.05, 4.69) is 9.97 Å². The van der Waals surface area contributed by atoms with E-state index in [0.717, 1.165) is 22.2 Å². The van der Waals surface area contributed by atoms with Crippen molar-refractivity contribution in [2.45, 2.75) is 12.5 Å². The number of aliphatic hydroxyl groups is 1. The van der Waals surface area contributed by atoms with E-state index in [-0.39, 0.29) is 17.9 Å². The van der Waals surface area contributed by atoms with E-state index in [1.54, 1.807) is 63.0 Å². The summed E-state index contributed by atoms with van der Waals surface area (Å²) in [6.07, 6.45) is 5.64. The number of aromatic amines is 1. The molecule has 8 nitrogen and oxygen atoms in total. The van der Waals surface area contributed by atoms with Gasteiger partial charge in [-0.25, -0.2) is 0 Å². The van der Waals surface area contributed by atoms with Crippen LogP contribution in [0.15, 0.2) is 78.8 Å². The standard InChI is InChI=1S/C28H25N3O5/c1-35-20-7-5-17(6-8-20)26(32)24-25(19-4-3-12-29-15-19)31(28(34)27(24)33)13-11-18-16-30-23-10-9-21(36-2)14-22(18)23/h3-10,12,14-16,25,30,32H,11,13H2,1-2H3/t25-/m0/s1. The van der Waals surface area contributed by atoms with Crippen LogP contribution in [-0.2, 0) is 16.0 Å². The van der Waals surface area contributed by atoms with Crippen LogP contribution in [0.1, 0.15) is 22.7 Å². The number of pyridine rings is 1. The molecule has 5 rings (SSSR count). The Hall–Kier alpha value is -4.59. The summed E-state index contributed by atoms with van der Waals surface area (Å²) in [5.74, 6) is -0.261. The summed E-state index contributed by atoms with van der Waals surface area (Å²) in [7, 11) is 3.16. The summed E-state index contributed by atoms with van der Waals surface area (Å²) in [4.78, 5) is 35.4. The van der Waals surface area contributed by atoms with Gasteiger partial charge in [-0.1, -0.05) is 6.07 Å². The van der Waals surface area contributed by atoms with Gasteiger partial charge in [0, 0.05) is 41.6 Å². The number of fused-ring (bicyclic) bond motifs is 1. The Morgan fingerprint density at radius 3 is 2.50 bits per heavy atom. The minimum absolute atomic E-state index is 0.0405. The maximum atomic E-state index is 13.2. The van der Waals surface area contributed by atoms with Crippen LogP contribution >= 0.6 is 0 Å². The number of Topliss-reactive ketones (excluding diaryl/α,β-unsaturated/α-hetero) is 1. The Kier molecular flexibility index (Phi) is 6.16. The molecule has 1 aliphatic rings. The van der Waals surface area contributed by atoms with E-state index < -0.39 is 17.7 Å². The largest absolute Gasteiger partial charge is 0.507 e. The smallest absolute Gasteiger partial charge is 0.295 e. The molecule has 3 heterocycles. The van der Waals surface area contributed by atoms with Crippen molar-refractivity contribution in [3.63, 3.8) is 0 Å². The average Bonchev–Trinajstić information content (AvgIpc) is 3.44. The number of nitrogens with one attached hydrogen (secondary N) is 1. The highest BCUT2D eigenvalue weighted by Crippen LogP contribution is 2.39. The van der Waals surface area contributed by atoms with Crippen LogP contribution in [0, 0.1) is 0 Å². The molecule has 0 aliphatic carbocycles. The number of benzene rings is 2. The van der Waals surface area contributed by atoms with Gasteiger partial charge in [-0.15, -0.1) is 0 Å². The average molecular weight is 484 g/mol. The summed E-state index contributed by atoms with van der Waals surface area (Å²) in [6, 6.07) is 15.2. The van der Waals surface area contributed by atoms with E-state index in [9.17, 15) is 14.7 Å². The second-order valence-electron chi connectivity index (χ2n) is 8.48. The normalized spacial score (nSPS) is 17.1. The van der Waals surface area contributed by atoms with Gasteiger partial charge in [0.2, 0.25) is 0 Å². The van der Waals surface area contributed by atoms with Crippen molar-refractivity contribution in [1.82, 2.24) is 14.9 Å². The third kappa shape index (κ3) is 4.07. The molecule has 1 fully saturated rings. The number of ketones is 1. The molecule has 36 heavy (non-hydrogen) atoms. The molecular formula is C28H25N3O5. The van der Waals surface area contributed by atoms with Gasteiger partial charge < -0.3 is 24.5 Å². The molecule has 0 spiro atoms. The number of hydrogen-bond acceptors (Lipinski definition) is 6. The Labute approximate surface area is 207 Å². The van der Waals surface area contributed by atoms with Crippen molar-refractivity contribution < 1.29 is 24.2 Å². The molecule has 1 atom stereocenters. The molecular weight excluding hydrogens is 458 g/mol. The second kappa shape index (κ2) is 9.58. The first kappa shape index (κ1) is 23.2. The quantitative estimate of drug-likeness (QED) is 0.231. The van der Waals surface area contributed by atoms with E-state index in [0.29, 0.717) is 23.3 Å². The molecule has 0 unspecified atom stereocenters. The lowest BCUT2D eigenvalue weighted by Crippen LogP contribution is -2.31. The zero-order chi connectivity index (χ0) is 25.2. The van der Waals surface area contributed by atoms with Crippen molar-refractivity contribution in [2.24, 2.45) is 0 Å².